The van der Waals surface area contributed by atoms with E-state index < -0.39 is 11.6 Å². The zero-order valence-corrected chi connectivity index (χ0v) is 16.5. The van der Waals surface area contributed by atoms with Crippen molar-refractivity contribution >= 4 is 11.5 Å². The number of hydrogen-bond donors (Lipinski definition) is 2. The quantitative estimate of drug-likeness (QED) is 0.660. The molecule has 0 amide bonds. The summed E-state index contributed by atoms with van der Waals surface area (Å²) in [6.45, 7) is 2.74. The van der Waals surface area contributed by atoms with Gasteiger partial charge in [-0.1, -0.05) is 0 Å². The Morgan fingerprint density at radius 1 is 1.27 bits per heavy atom. The van der Waals surface area contributed by atoms with Crippen LogP contribution in [0.2, 0.25) is 0 Å². The Bertz CT molecular complexity index is 1080. The number of hydrogen-bond acceptors (Lipinski definition) is 7. The third-order valence-corrected chi connectivity index (χ3v) is 5.54. The number of nitrogens with one attached hydrogen (secondary N) is 2. The van der Waals surface area contributed by atoms with Crippen LogP contribution in [0.3, 0.4) is 0 Å². The maximum atomic E-state index is 14.7. The van der Waals surface area contributed by atoms with Crippen LogP contribution < -0.4 is 15.4 Å². The molecule has 3 aromatic heterocycles. The molecule has 0 radical (unpaired) electrons. The molecule has 10 heteroatoms. The van der Waals surface area contributed by atoms with Gasteiger partial charge in [0.15, 0.2) is 23.1 Å². The van der Waals surface area contributed by atoms with Crippen LogP contribution in [0.15, 0.2) is 18.3 Å². The van der Waals surface area contributed by atoms with Crippen molar-refractivity contribution in [3.63, 3.8) is 0 Å². The maximum absolute atomic E-state index is 14.7. The molecule has 30 heavy (non-hydrogen) atoms. The van der Waals surface area contributed by atoms with E-state index in [2.05, 4.69) is 25.7 Å². The van der Waals surface area contributed by atoms with Crippen LogP contribution in [-0.4, -0.2) is 59.0 Å². The van der Waals surface area contributed by atoms with Gasteiger partial charge in [0, 0.05) is 24.7 Å². The van der Waals surface area contributed by atoms with Crippen molar-refractivity contribution in [3.8, 4) is 17.1 Å². The number of nitrogens with zero attached hydrogens (tertiary/aromatic N) is 4. The fraction of sp³-hybridized carbons (Fsp3) is 0.450. The van der Waals surface area contributed by atoms with Crippen molar-refractivity contribution in [2.24, 2.45) is 0 Å². The van der Waals surface area contributed by atoms with Gasteiger partial charge in [-0.2, -0.15) is 5.10 Å². The van der Waals surface area contributed by atoms with E-state index in [1.165, 1.54) is 10.7 Å². The molecule has 2 saturated heterocycles. The SMILES string of the molecule is COc1cc2ncc(-c3nc(NC4CCCNC4)c(F)cc3F)n2nc1C1COC1. The van der Waals surface area contributed by atoms with E-state index in [9.17, 15) is 8.78 Å². The molecule has 1 unspecified atom stereocenters. The Morgan fingerprint density at radius 3 is 2.83 bits per heavy atom. The summed E-state index contributed by atoms with van der Waals surface area (Å²) in [6.07, 6.45) is 3.36. The minimum absolute atomic E-state index is 0.0105. The van der Waals surface area contributed by atoms with E-state index in [1.54, 1.807) is 13.2 Å². The second kappa shape index (κ2) is 7.77. The minimum atomic E-state index is -0.771. The van der Waals surface area contributed by atoms with E-state index in [-0.39, 0.29) is 23.5 Å². The van der Waals surface area contributed by atoms with Crippen molar-refractivity contribution in [2.75, 3.05) is 38.7 Å². The molecule has 5 heterocycles. The molecule has 0 spiro atoms. The number of aromatic nitrogens is 4. The van der Waals surface area contributed by atoms with Crippen LogP contribution in [0.25, 0.3) is 17.0 Å². The van der Waals surface area contributed by atoms with E-state index in [4.69, 9.17) is 9.47 Å². The highest BCUT2D eigenvalue weighted by Crippen LogP contribution is 2.32. The lowest BCUT2D eigenvalue weighted by Crippen LogP contribution is -2.38. The number of rotatable bonds is 5. The average Bonchev–Trinajstić information content (AvgIpc) is 3.11. The first-order valence-corrected chi connectivity index (χ1v) is 9.98. The second-order valence-electron chi connectivity index (χ2n) is 7.58. The van der Waals surface area contributed by atoms with Crippen LogP contribution in [0, 0.1) is 11.6 Å². The Morgan fingerprint density at radius 2 is 2.13 bits per heavy atom. The minimum Gasteiger partial charge on any atom is -0.495 e. The summed E-state index contributed by atoms with van der Waals surface area (Å²) in [7, 11) is 1.57. The molecule has 2 fully saturated rings. The number of halogens is 2. The van der Waals surface area contributed by atoms with Crippen LogP contribution in [0.4, 0.5) is 14.6 Å². The molecule has 2 N–H and O–H groups in total. The molecule has 0 aromatic carbocycles. The predicted octanol–water partition coefficient (Wildman–Crippen LogP) is 2.36. The van der Waals surface area contributed by atoms with Crippen molar-refractivity contribution in [1.29, 1.82) is 0 Å². The van der Waals surface area contributed by atoms with Crippen molar-refractivity contribution in [2.45, 2.75) is 24.8 Å². The van der Waals surface area contributed by atoms with Gasteiger partial charge in [0.2, 0.25) is 0 Å². The first-order chi connectivity index (χ1) is 14.6. The van der Waals surface area contributed by atoms with E-state index in [0.29, 0.717) is 42.5 Å². The topological polar surface area (TPSA) is 85.6 Å². The molecule has 8 nitrogen and oxygen atoms in total. The summed E-state index contributed by atoms with van der Waals surface area (Å²) < 4.78 is 41.4. The summed E-state index contributed by atoms with van der Waals surface area (Å²) in [5, 5.41) is 11.0. The van der Waals surface area contributed by atoms with Crippen LogP contribution in [0.1, 0.15) is 24.5 Å². The molecular weight excluding hydrogens is 394 g/mol. The molecular formula is C20H22F2N6O2. The van der Waals surface area contributed by atoms with Crippen molar-refractivity contribution in [1.82, 2.24) is 24.9 Å². The van der Waals surface area contributed by atoms with Gasteiger partial charge in [-0.25, -0.2) is 23.3 Å². The number of imidazole rings is 1. The smallest absolute Gasteiger partial charge is 0.168 e. The van der Waals surface area contributed by atoms with Crippen LogP contribution in [-0.2, 0) is 4.74 Å². The number of ether oxygens (including phenoxy) is 2. The third-order valence-electron chi connectivity index (χ3n) is 5.54. The van der Waals surface area contributed by atoms with E-state index in [0.717, 1.165) is 25.5 Å². The highest BCUT2D eigenvalue weighted by Gasteiger charge is 2.28. The number of piperidine rings is 1. The summed E-state index contributed by atoms with van der Waals surface area (Å²) in [6, 6.07) is 2.64. The third kappa shape index (κ3) is 3.35. The highest BCUT2D eigenvalue weighted by molar-refractivity contribution is 5.63. The summed E-state index contributed by atoms with van der Waals surface area (Å²) in [5.74, 6) is -0.768. The first kappa shape index (κ1) is 19.1. The Balaban J connectivity index is 1.56. The van der Waals surface area contributed by atoms with Crippen LogP contribution in [0.5, 0.6) is 5.75 Å². The van der Waals surface area contributed by atoms with Crippen molar-refractivity contribution < 1.29 is 18.3 Å². The number of pyridine rings is 1. The maximum Gasteiger partial charge on any atom is 0.168 e. The molecule has 5 rings (SSSR count). The average molecular weight is 416 g/mol. The molecule has 2 aliphatic rings. The molecule has 0 saturated carbocycles. The fourth-order valence-corrected chi connectivity index (χ4v) is 3.83. The molecule has 1 atom stereocenters. The van der Waals surface area contributed by atoms with Crippen molar-refractivity contribution in [3.05, 3.63) is 35.7 Å². The van der Waals surface area contributed by atoms with Gasteiger partial charge < -0.3 is 20.1 Å². The second-order valence-corrected chi connectivity index (χ2v) is 7.58. The van der Waals surface area contributed by atoms with Gasteiger partial charge in [0.1, 0.15) is 22.8 Å². The van der Waals surface area contributed by atoms with Gasteiger partial charge in [0.05, 0.1) is 32.4 Å². The number of anilines is 1. The first-order valence-electron chi connectivity index (χ1n) is 9.98. The zero-order valence-electron chi connectivity index (χ0n) is 16.5. The predicted molar refractivity (Wildman–Crippen MR) is 106 cm³/mol. The molecule has 158 valence electrons. The van der Waals surface area contributed by atoms with Gasteiger partial charge in [0.25, 0.3) is 0 Å². The lowest BCUT2D eigenvalue weighted by molar-refractivity contribution is 0.00530. The standard InChI is InChI=1S/C20H22F2N6O2/c1-29-16-6-17-24-8-15(28(17)27-18(16)11-9-30-10-11)19-13(21)5-14(22)20(26-19)25-12-3-2-4-23-7-12/h5-6,8,11-12,23H,2-4,7,9-10H2,1H3,(H,25,26). The zero-order chi connectivity index (χ0) is 20.7. The van der Waals surface area contributed by atoms with E-state index in [1.807, 2.05) is 0 Å². The van der Waals surface area contributed by atoms with Crippen LogP contribution >= 0.6 is 0 Å². The summed E-state index contributed by atoms with van der Waals surface area (Å²) >= 11 is 0. The molecule has 2 aliphatic heterocycles. The van der Waals surface area contributed by atoms with Gasteiger partial charge in [-0.05, 0) is 19.4 Å². The number of fused-ring (bicyclic) bond motifs is 1. The Hall–Kier alpha value is -2.85. The highest BCUT2D eigenvalue weighted by atomic mass is 19.1. The molecule has 0 aliphatic carbocycles. The fourth-order valence-electron chi connectivity index (χ4n) is 3.83. The Kier molecular flexibility index (Phi) is 4.95. The lowest BCUT2D eigenvalue weighted by Gasteiger charge is -2.26. The largest absolute Gasteiger partial charge is 0.495 e. The van der Waals surface area contributed by atoms with E-state index >= 15 is 0 Å². The normalized spacial score (nSPS) is 19.6. The van der Waals surface area contributed by atoms with Gasteiger partial charge >= 0.3 is 0 Å². The number of methoxy groups -OCH3 is 1. The van der Waals surface area contributed by atoms with Gasteiger partial charge in [-0.15, -0.1) is 0 Å². The lowest BCUT2D eigenvalue weighted by atomic mass is 10.0. The Labute approximate surface area is 171 Å². The summed E-state index contributed by atoms with van der Waals surface area (Å²) in [4.78, 5) is 8.58. The monoisotopic (exact) mass is 416 g/mol. The molecule has 3 aromatic rings. The molecule has 0 bridgehead atoms. The summed E-state index contributed by atoms with van der Waals surface area (Å²) in [5.41, 5.74) is 1.53. The van der Waals surface area contributed by atoms with Gasteiger partial charge in [-0.3, -0.25) is 0 Å².